The predicted octanol–water partition coefficient (Wildman–Crippen LogP) is 3.16. The molecule has 0 unspecified atom stereocenters. The van der Waals surface area contributed by atoms with Gasteiger partial charge in [0.15, 0.2) is 0 Å². The molecule has 0 spiro atoms. The fraction of sp³-hybridized carbons (Fsp3) is 0.714. The molecule has 23 heavy (non-hydrogen) atoms. The number of amides is 2. The van der Waals surface area contributed by atoms with Crippen LogP contribution >= 0.6 is 0 Å². The molecule has 2 fully saturated rings. The van der Waals surface area contributed by atoms with Crippen molar-refractivity contribution in [1.82, 2.24) is 15.1 Å². The first kappa shape index (κ1) is 16.1. The van der Waals surface area contributed by atoms with Crippen molar-refractivity contribution >= 4 is 11.8 Å². The lowest BCUT2D eigenvalue weighted by atomic mass is 9.78. The van der Waals surface area contributed by atoms with E-state index in [9.17, 15) is 22.4 Å². The summed E-state index contributed by atoms with van der Waals surface area (Å²) >= 11 is 0. The third kappa shape index (κ3) is 3.13. The zero-order valence-corrected chi connectivity index (χ0v) is 12.8. The number of nitrogens with one attached hydrogen (secondary N) is 2. The van der Waals surface area contributed by atoms with E-state index in [0.717, 1.165) is 0 Å². The highest BCUT2D eigenvalue weighted by molar-refractivity contribution is 5.89. The van der Waals surface area contributed by atoms with Crippen molar-refractivity contribution in [3.63, 3.8) is 0 Å². The maximum atomic E-state index is 13.0. The van der Waals surface area contributed by atoms with Gasteiger partial charge in [0, 0.05) is 50.3 Å². The Balaban J connectivity index is 1.62. The van der Waals surface area contributed by atoms with E-state index >= 15 is 0 Å². The molecule has 2 aliphatic rings. The molecule has 1 aromatic heterocycles. The average Bonchev–Trinajstić information content (AvgIpc) is 2.61. The molecule has 0 bridgehead atoms. The van der Waals surface area contributed by atoms with E-state index in [1.807, 2.05) is 0 Å². The molecule has 1 heterocycles. The highest BCUT2D eigenvalue weighted by Crippen LogP contribution is 2.49. The number of anilines is 1. The van der Waals surface area contributed by atoms with Gasteiger partial charge in [0.25, 0.3) is 5.92 Å². The van der Waals surface area contributed by atoms with Gasteiger partial charge in [-0.05, 0) is 6.92 Å². The quantitative estimate of drug-likeness (QED) is 0.834. The lowest BCUT2D eigenvalue weighted by Crippen LogP contribution is -2.51. The minimum absolute atomic E-state index is 0.242. The number of carbonyl (C=O) groups excluding carboxylic acids is 1. The molecule has 3 rings (SSSR count). The van der Waals surface area contributed by atoms with E-state index in [4.69, 9.17) is 0 Å². The standard InChI is InChI=1S/C14H18F4N4O/c1-7-10(8-3-13(15,16)4-8)21-22(2)11(7)20-12(23)19-9-5-14(17,18)6-9/h8-9H,3-6H2,1-2H3,(H2,19,20,23). The van der Waals surface area contributed by atoms with Crippen molar-refractivity contribution in [3.8, 4) is 0 Å². The van der Waals surface area contributed by atoms with Crippen LogP contribution < -0.4 is 10.6 Å². The first-order chi connectivity index (χ1) is 10.6. The molecule has 9 heteroatoms. The Labute approximate surface area is 130 Å². The second kappa shape index (κ2) is 5.10. The van der Waals surface area contributed by atoms with Gasteiger partial charge < -0.3 is 5.32 Å². The summed E-state index contributed by atoms with van der Waals surface area (Å²) in [6, 6.07) is -1.15. The number of urea groups is 1. The zero-order valence-electron chi connectivity index (χ0n) is 12.8. The van der Waals surface area contributed by atoms with Gasteiger partial charge in [-0.3, -0.25) is 10.00 Å². The largest absolute Gasteiger partial charge is 0.335 e. The summed E-state index contributed by atoms with van der Waals surface area (Å²) in [5.41, 5.74) is 1.17. The van der Waals surface area contributed by atoms with Crippen LogP contribution in [0.5, 0.6) is 0 Å². The number of halogens is 4. The maximum Gasteiger partial charge on any atom is 0.320 e. The number of hydrogen-bond acceptors (Lipinski definition) is 2. The summed E-state index contributed by atoms with van der Waals surface area (Å²) in [5.74, 6) is -5.28. The van der Waals surface area contributed by atoms with Crippen LogP contribution in [0.15, 0.2) is 0 Å². The molecule has 128 valence electrons. The SMILES string of the molecule is Cc1c(C2CC(F)(F)C2)nn(C)c1NC(=O)NC1CC(F)(F)C1. The van der Waals surface area contributed by atoms with E-state index in [0.29, 0.717) is 17.1 Å². The Kier molecular flexibility index (Phi) is 3.57. The molecule has 0 radical (unpaired) electrons. The summed E-state index contributed by atoms with van der Waals surface area (Å²) in [7, 11) is 1.60. The topological polar surface area (TPSA) is 59.0 Å². The normalized spacial score (nSPS) is 23.0. The lowest BCUT2D eigenvalue weighted by Gasteiger charge is -2.35. The van der Waals surface area contributed by atoms with E-state index < -0.39 is 23.9 Å². The Morgan fingerprint density at radius 2 is 1.74 bits per heavy atom. The minimum Gasteiger partial charge on any atom is -0.335 e. The van der Waals surface area contributed by atoms with Crippen molar-refractivity contribution in [2.75, 3.05) is 5.32 Å². The van der Waals surface area contributed by atoms with Crippen LogP contribution in [0.3, 0.4) is 0 Å². The fourth-order valence-corrected chi connectivity index (χ4v) is 3.16. The van der Waals surface area contributed by atoms with Crippen LogP contribution in [-0.4, -0.2) is 33.7 Å². The highest BCUT2D eigenvalue weighted by Gasteiger charge is 2.48. The van der Waals surface area contributed by atoms with Crippen LogP contribution in [0.1, 0.15) is 42.9 Å². The monoisotopic (exact) mass is 334 g/mol. The minimum atomic E-state index is -2.71. The highest BCUT2D eigenvalue weighted by atomic mass is 19.3. The van der Waals surface area contributed by atoms with Crippen LogP contribution in [-0.2, 0) is 7.05 Å². The van der Waals surface area contributed by atoms with Crippen molar-refractivity contribution < 1.29 is 22.4 Å². The Hall–Kier alpha value is -1.80. The third-order valence-electron chi connectivity index (χ3n) is 4.45. The molecule has 2 saturated carbocycles. The number of nitrogens with zero attached hydrogens (tertiary/aromatic N) is 2. The fourth-order valence-electron chi connectivity index (χ4n) is 3.16. The molecule has 0 saturated heterocycles. The summed E-state index contributed by atoms with van der Waals surface area (Å²) in [6.07, 6.45) is -1.22. The first-order valence-corrected chi connectivity index (χ1v) is 7.43. The number of aryl methyl sites for hydroxylation is 1. The van der Waals surface area contributed by atoms with Crippen molar-refractivity contribution in [2.24, 2.45) is 7.05 Å². The molecule has 5 nitrogen and oxygen atoms in total. The van der Waals surface area contributed by atoms with Crippen LogP contribution in [0.4, 0.5) is 28.2 Å². The Morgan fingerprint density at radius 1 is 1.17 bits per heavy atom. The van der Waals surface area contributed by atoms with Crippen LogP contribution in [0, 0.1) is 6.92 Å². The number of aromatic nitrogens is 2. The molecule has 2 N–H and O–H groups in total. The molecular weight excluding hydrogens is 316 g/mol. The molecule has 1 aromatic rings. The van der Waals surface area contributed by atoms with Gasteiger partial charge in [0.05, 0.1) is 5.69 Å². The van der Waals surface area contributed by atoms with E-state index in [1.54, 1.807) is 14.0 Å². The second-order valence-electron chi connectivity index (χ2n) is 6.50. The molecular formula is C14H18F4N4O. The molecule has 2 amide bonds. The summed E-state index contributed by atoms with van der Waals surface area (Å²) in [4.78, 5) is 11.9. The van der Waals surface area contributed by atoms with E-state index in [-0.39, 0.29) is 31.6 Å². The summed E-state index contributed by atoms with van der Waals surface area (Å²) < 4.78 is 52.9. The Morgan fingerprint density at radius 3 is 2.26 bits per heavy atom. The van der Waals surface area contributed by atoms with Crippen LogP contribution in [0.2, 0.25) is 0 Å². The van der Waals surface area contributed by atoms with Crippen molar-refractivity contribution in [3.05, 3.63) is 11.3 Å². The van der Waals surface area contributed by atoms with Gasteiger partial charge in [-0.2, -0.15) is 5.10 Å². The first-order valence-electron chi connectivity index (χ1n) is 7.43. The predicted molar refractivity (Wildman–Crippen MR) is 75.0 cm³/mol. The number of rotatable bonds is 3. The second-order valence-corrected chi connectivity index (χ2v) is 6.50. The van der Waals surface area contributed by atoms with Gasteiger partial charge in [-0.1, -0.05) is 0 Å². The van der Waals surface area contributed by atoms with Gasteiger partial charge in [-0.15, -0.1) is 0 Å². The number of hydrogen-bond donors (Lipinski definition) is 2. The molecule has 0 atom stereocenters. The van der Waals surface area contributed by atoms with Gasteiger partial charge >= 0.3 is 6.03 Å². The molecule has 0 aromatic carbocycles. The number of carbonyl (C=O) groups is 1. The van der Waals surface area contributed by atoms with Crippen LogP contribution in [0.25, 0.3) is 0 Å². The average molecular weight is 334 g/mol. The van der Waals surface area contributed by atoms with E-state index in [1.165, 1.54) is 4.68 Å². The van der Waals surface area contributed by atoms with E-state index in [2.05, 4.69) is 15.7 Å². The van der Waals surface area contributed by atoms with Crippen molar-refractivity contribution in [2.45, 2.75) is 56.4 Å². The van der Waals surface area contributed by atoms with Gasteiger partial charge in [-0.25, -0.2) is 22.4 Å². The lowest BCUT2D eigenvalue weighted by molar-refractivity contribution is -0.0896. The molecule has 2 aliphatic carbocycles. The Bertz CT molecular complexity index is 627. The number of alkyl halides is 4. The summed E-state index contributed by atoms with van der Waals surface area (Å²) in [6.45, 7) is 1.70. The zero-order chi connectivity index (χ0) is 17.0. The van der Waals surface area contributed by atoms with Crippen molar-refractivity contribution in [1.29, 1.82) is 0 Å². The summed E-state index contributed by atoms with van der Waals surface area (Å²) in [5, 5.41) is 9.24. The smallest absolute Gasteiger partial charge is 0.320 e. The maximum absolute atomic E-state index is 13.0. The van der Waals surface area contributed by atoms with Gasteiger partial charge in [0.2, 0.25) is 5.92 Å². The van der Waals surface area contributed by atoms with Gasteiger partial charge in [0.1, 0.15) is 5.82 Å². The third-order valence-corrected chi connectivity index (χ3v) is 4.45. The molecule has 0 aliphatic heterocycles.